The molecule has 1 unspecified atom stereocenters. The van der Waals surface area contributed by atoms with E-state index >= 15 is 0 Å². The number of nitrogens with zero attached hydrogens (tertiary/aromatic N) is 2. The second kappa shape index (κ2) is 3.73. The predicted molar refractivity (Wildman–Crippen MR) is 47.2 cm³/mol. The Labute approximate surface area is 69.8 Å². The summed E-state index contributed by atoms with van der Waals surface area (Å²) in [6.45, 7) is 8.54. The van der Waals surface area contributed by atoms with Crippen molar-refractivity contribution in [1.29, 1.82) is 5.26 Å². The fourth-order valence-corrected chi connectivity index (χ4v) is 0.930. The van der Waals surface area contributed by atoms with Gasteiger partial charge in [0.2, 0.25) is 0 Å². The first-order valence-corrected chi connectivity index (χ1v) is 3.99. The molecule has 0 heterocycles. The molecule has 0 aliphatic carbocycles. The molecule has 64 valence electrons. The van der Waals surface area contributed by atoms with Crippen LogP contribution in [0.2, 0.25) is 0 Å². The molecule has 0 aliphatic rings. The first-order valence-electron chi connectivity index (χ1n) is 3.99. The van der Waals surface area contributed by atoms with Gasteiger partial charge in [0, 0.05) is 11.6 Å². The lowest BCUT2D eigenvalue weighted by atomic mass is 10.0. The molecule has 0 aromatic rings. The van der Waals surface area contributed by atoms with Gasteiger partial charge in [0.25, 0.3) is 0 Å². The molecule has 2 nitrogen and oxygen atoms in total. The monoisotopic (exact) mass is 154 g/mol. The van der Waals surface area contributed by atoms with E-state index in [-0.39, 0.29) is 5.54 Å². The summed E-state index contributed by atoms with van der Waals surface area (Å²) in [5.41, 5.74) is 0.163. The molecular formula is C9H18N2. The number of hydrogen-bond donors (Lipinski definition) is 0. The van der Waals surface area contributed by atoms with E-state index in [1.165, 1.54) is 0 Å². The molecule has 0 amide bonds. The van der Waals surface area contributed by atoms with Crippen molar-refractivity contribution in [2.45, 2.75) is 45.7 Å². The lowest BCUT2D eigenvalue weighted by Gasteiger charge is -2.36. The molecule has 0 fully saturated rings. The summed E-state index contributed by atoms with van der Waals surface area (Å²) in [4.78, 5) is 2.22. The number of hydrogen-bond acceptors (Lipinski definition) is 2. The van der Waals surface area contributed by atoms with E-state index < -0.39 is 0 Å². The first kappa shape index (κ1) is 10.4. The maximum Gasteiger partial charge on any atom is 0.0638 e. The summed E-state index contributed by atoms with van der Waals surface area (Å²) >= 11 is 0. The van der Waals surface area contributed by atoms with E-state index in [1.807, 2.05) is 0 Å². The van der Waals surface area contributed by atoms with Crippen molar-refractivity contribution in [3.63, 3.8) is 0 Å². The molecule has 0 aromatic carbocycles. The minimum atomic E-state index is 0.163. The second-order valence-electron chi connectivity index (χ2n) is 3.99. The van der Waals surface area contributed by atoms with Gasteiger partial charge in [0.15, 0.2) is 0 Å². The van der Waals surface area contributed by atoms with E-state index in [2.05, 4.69) is 45.7 Å². The van der Waals surface area contributed by atoms with Crippen molar-refractivity contribution in [3.05, 3.63) is 0 Å². The van der Waals surface area contributed by atoms with E-state index in [4.69, 9.17) is 5.26 Å². The zero-order chi connectivity index (χ0) is 9.07. The minimum Gasteiger partial charge on any atom is -0.298 e. The van der Waals surface area contributed by atoms with Gasteiger partial charge in [-0.1, -0.05) is 0 Å². The third kappa shape index (κ3) is 3.38. The molecule has 0 aliphatic heterocycles. The third-order valence-corrected chi connectivity index (χ3v) is 2.11. The minimum absolute atomic E-state index is 0.163. The van der Waals surface area contributed by atoms with Crippen LogP contribution in [0, 0.1) is 11.3 Å². The highest BCUT2D eigenvalue weighted by Gasteiger charge is 2.21. The molecule has 1 atom stereocenters. The summed E-state index contributed by atoms with van der Waals surface area (Å²) in [6.07, 6.45) is 0.605. The number of rotatable bonds is 2. The fourth-order valence-electron chi connectivity index (χ4n) is 0.930. The SMILES string of the molecule is CC(CC#N)N(C)C(C)(C)C. The molecule has 0 bridgehead atoms. The molecule has 0 aromatic heterocycles. The molecule has 0 saturated carbocycles. The summed E-state index contributed by atoms with van der Waals surface area (Å²) in [7, 11) is 2.06. The highest BCUT2D eigenvalue weighted by molar-refractivity contribution is 4.84. The van der Waals surface area contributed by atoms with Crippen LogP contribution in [0.5, 0.6) is 0 Å². The van der Waals surface area contributed by atoms with E-state index in [0.29, 0.717) is 12.5 Å². The van der Waals surface area contributed by atoms with Crippen molar-refractivity contribution < 1.29 is 0 Å². The Kier molecular flexibility index (Phi) is 3.54. The normalized spacial score (nSPS) is 14.6. The molecule has 0 spiro atoms. The Hall–Kier alpha value is -0.550. The van der Waals surface area contributed by atoms with Crippen molar-refractivity contribution in [2.24, 2.45) is 0 Å². The maximum atomic E-state index is 8.47. The molecule has 0 saturated heterocycles. The highest BCUT2D eigenvalue weighted by atomic mass is 15.2. The fraction of sp³-hybridized carbons (Fsp3) is 0.889. The molecule has 0 rings (SSSR count). The Morgan fingerprint density at radius 1 is 1.45 bits per heavy atom. The van der Waals surface area contributed by atoms with Crippen LogP contribution >= 0.6 is 0 Å². The summed E-state index contributed by atoms with van der Waals surface area (Å²) < 4.78 is 0. The van der Waals surface area contributed by atoms with Crippen LogP contribution in [0.4, 0.5) is 0 Å². The molecule has 0 N–H and O–H groups in total. The van der Waals surface area contributed by atoms with Gasteiger partial charge >= 0.3 is 0 Å². The largest absolute Gasteiger partial charge is 0.298 e. The van der Waals surface area contributed by atoms with E-state index in [9.17, 15) is 0 Å². The quantitative estimate of drug-likeness (QED) is 0.608. The molecule has 11 heavy (non-hydrogen) atoms. The lowest BCUT2D eigenvalue weighted by Crippen LogP contribution is -2.43. The van der Waals surface area contributed by atoms with Gasteiger partial charge in [-0.15, -0.1) is 0 Å². The van der Waals surface area contributed by atoms with Gasteiger partial charge in [0.05, 0.1) is 12.5 Å². The van der Waals surface area contributed by atoms with Crippen molar-refractivity contribution in [1.82, 2.24) is 4.90 Å². The Morgan fingerprint density at radius 3 is 2.18 bits per heavy atom. The lowest BCUT2D eigenvalue weighted by molar-refractivity contribution is 0.128. The van der Waals surface area contributed by atoms with Crippen LogP contribution in [0.25, 0.3) is 0 Å². The van der Waals surface area contributed by atoms with Crippen LogP contribution in [-0.4, -0.2) is 23.5 Å². The zero-order valence-electron chi connectivity index (χ0n) is 8.18. The summed E-state index contributed by atoms with van der Waals surface area (Å²) in [5.74, 6) is 0. The van der Waals surface area contributed by atoms with Gasteiger partial charge in [-0.25, -0.2) is 0 Å². The average Bonchev–Trinajstić information content (AvgIpc) is 1.85. The molecule has 2 heteroatoms. The standard InChI is InChI=1S/C9H18N2/c1-8(6-7-10)11(5)9(2,3)4/h8H,6H2,1-5H3. The Morgan fingerprint density at radius 2 is 1.91 bits per heavy atom. The van der Waals surface area contributed by atoms with Crippen molar-refractivity contribution in [2.75, 3.05) is 7.05 Å². The number of nitriles is 1. The van der Waals surface area contributed by atoms with Gasteiger partial charge in [0.1, 0.15) is 0 Å². The van der Waals surface area contributed by atoms with E-state index in [1.54, 1.807) is 0 Å². The Bertz CT molecular complexity index is 150. The van der Waals surface area contributed by atoms with Gasteiger partial charge in [-0.3, -0.25) is 4.90 Å². The molecule has 0 radical (unpaired) electrons. The summed E-state index contributed by atoms with van der Waals surface area (Å²) in [6, 6.07) is 2.53. The summed E-state index contributed by atoms with van der Waals surface area (Å²) in [5, 5.41) is 8.47. The zero-order valence-corrected chi connectivity index (χ0v) is 8.18. The smallest absolute Gasteiger partial charge is 0.0638 e. The van der Waals surface area contributed by atoms with Gasteiger partial charge in [-0.2, -0.15) is 5.26 Å². The average molecular weight is 154 g/mol. The van der Waals surface area contributed by atoms with Crippen molar-refractivity contribution >= 4 is 0 Å². The Balaban J connectivity index is 4.04. The van der Waals surface area contributed by atoms with Crippen LogP contribution in [0.3, 0.4) is 0 Å². The maximum absolute atomic E-state index is 8.47. The van der Waals surface area contributed by atoms with Crippen LogP contribution in [-0.2, 0) is 0 Å². The van der Waals surface area contributed by atoms with Gasteiger partial charge in [-0.05, 0) is 34.7 Å². The van der Waals surface area contributed by atoms with Crippen LogP contribution in [0.15, 0.2) is 0 Å². The van der Waals surface area contributed by atoms with Crippen molar-refractivity contribution in [3.8, 4) is 6.07 Å². The second-order valence-corrected chi connectivity index (χ2v) is 3.99. The first-order chi connectivity index (χ1) is 4.89. The third-order valence-electron chi connectivity index (χ3n) is 2.11. The highest BCUT2D eigenvalue weighted by Crippen LogP contribution is 2.15. The van der Waals surface area contributed by atoms with Crippen LogP contribution in [0.1, 0.15) is 34.1 Å². The molecular weight excluding hydrogens is 136 g/mol. The predicted octanol–water partition coefficient (Wildman–Crippen LogP) is 2.02. The van der Waals surface area contributed by atoms with E-state index in [0.717, 1.165) is 0 Å². The topological polar surface area (TPSA) is 27.0 Å². The van der Waals surface area contributed by atoms with Crippen LogP contribution < -0.4 is 0 Å². The van der Waals surface area contributed by atoms with Gasteiger partial charge < -0.3 is 0 Å².